The Bertz CT molecular complexity index is 575. The summed E-state index contributed by atoms with van der Waals surface area (Å²) in [6.07, 6.45) is 1.54. The summed E-state index contributed by atoms with van der Waals surface area (Å²) < 4.78 is 5.12. The molecular formula is C14H17NO5. The highest BCUT2D eigenvalue weighted by molar-refractivity contribution is 5.82. The number of ether oxygens (including phenoxy) is 1. The summed E-state index contributed by atoms with van der Waals surface area (Å²) in [6.45, 7) is 3.11. The maximum absolute atomic E-state index is 11.8. The molecule has 1 fully saturated rings. The van der Waals surface area contributed by atoms with Crippen molar-refractivity contribution in [3.63, 3.8) is 0 Å². The molecule has 0 spiro atoms. The van der Waals surface area contributed by atoms with Gasteiger partial charge in [-0.2, -0.15) is 0 Å². The summed E-state index contributed by atoms with van der Waals surface area (Å²) in [5.41, 5.74) is 3.80. The Morgan fingerprint density at radius 1 is 1.40 bits per heavy atom. The molecule has 1 aliphatic carbocycles. The maximum Gasteiger partial charge on any atom is 0.328 e. The summed E-state index contributed by atoms with van der Waals surface area (Å²) in [5, 5.41) is 18.9. The smallest absolute Gasteiger partial charge is 0.328 e. The van der Waals surface area contributed by atoms with E-state index in [9.17, 15) is 14.7 Å². The molecule has 4 N–H and O–H groups in total. The largest absolute Gasteiger partial charge is 0.504 e. The zero-order chi connectivity index (χ0) is 15.1. The zero-order valence-electron chi connectivity index (χ0n) is 11.3. The van der Waals surface area contributed by atoms with Crippen molar-refractivity contribution >= 4 is 11.9 Å². The fourth-order valence-corrected chi connectivity index (χ4v) is 1.66. The van der Waals surface area contributed by atoms with E-state index in [-0.39, 0.29) is 17.1 Å². The molecule has 20 heavy (non-hydrogen) atoms. The molecule has 2 rings (SSSR count). The highest BCUT2D eigenvalue weighted by Gasteiger charge is 2.47. The van der Waals surface area contributed by atoms with Crippen LogP contribution in [0, 0.1) is 5.41 Å². The number of hydrogen-bond acceptors (Lipinski definition) is 5. The van der Waals surface area contributed by atoms with Crippen molar-refractivity contribution in [2.24, 2.45) is 11.1 Å². The minimum Gasteiger partial charge on any atom is -0.504 e. The molecular weight excluding hydrogens is 262 g/mol. The Hall–Kier alpha value is -2.08. The lowest BCUT2D eigenvalue weighted by atomic mass is 9.93. The average molecular weight is 279 g/mol. The Labute approximate surface area is 116 Å². The van der Waals surface area contributed by atoms with Gasteiger partial charge in [0, 0.05) is 0 Å². The van der Waals surface area contributed by atoms with Crippen molar-refractivity contribution in [1.29, 1.82) is 0 Å². The molecule has 1 atom stereocenters. The lowest BCUT2D eigenvalue weighted by molar-refractivity contribution is -0.143. The van der Waals surface area contributed by atoms with Crippen LogP contribution in [-0.2, 0) is 15.1 Å². The van der Waals surface area contributed by atoms with E-state index in [2.05, 4.69) is 0 Å². The second-order valence-corrected chi connectivity index (χ2v) is 5.64. The van der Waals surface area contributed by atoms with E-state index >= 15 is 0 Å². The van der Waals surface area contributed by atoms with Crippen LogP contribution in [0.5, 0.6) is 11.5 Å². The van der Waals surface area contributed by atoms with Crippen molar-refractivity contribution in [3.8, 4) is 11.5 Å². The SMILES string of the molecule is CC1(C(=O)Oc2ccc([C@@](C)(N)C(=O)O)cc2O)CC1. The van der Waals surface area contributed by atoms with Crippen LogP contribution in [-0.4, -0.2) is 22.2 Å². The molecule has 0 radical (unpaired) electrons. The quantitative estimate of drug-likeness (QED) is 0.567. The number of phenolic OH excluding ortho intramolecular Hbond substituents is 1. The third-order valence-corrected chi connectivity index (χ3v) is 3.70. The average Bonchev–Trinajstić information content (AvgIpc) is 3.10. The number of rotatable bonds is 4. The van der Waals surface area contributed by atoms with Crippen LogP contribution in [0.2, 0.25) is 0 Å². The number of carboxylic acid groups (broad SMARTS) is 1. The van der Waals surface area contributed by atoms with E-state index in [1.54, 1.807) is 6.92 Å². The third kappa shape index (κ3) is 2.46. The number of hydrogen-bond donors (Lipinski definition) is 3. The number of aliphatic carboxylic acids is 1. The van der Waals surface area contributed by atoms with Gasteiger partial charge in [-0.15, -0.1) is 0 Å². The molecule has 108 valence electrons. The number of benzene rings is 1. The summed E-state index contributed by atoms with van der Waals surface area (Å²) in [5.74, 6) is -1.91. The number of carboxylic acids is 1. The number of esters is 1. The van der Waals surface area contributed by atoms with Crippen LogP contribution in [0.4, 0.5) is 0 Å². The summed E-state index contributed by atoms with van der Waals surface area (Å²) >= 11 is 0. The topological polar surface area (TPSA) is 110 Å². The van der Waals surface area contributed by atoms with Crippen molar-refractivity contribution in [2.75, 3.05) is 0 Å². The number of carbonyl (C=O) groups excluding carboxylic acids is 1. The van der Waals surface area contributed by atoms with Crippen LogP contribution >= 0.6 is 0 Å². The molecule has 6 heteroatoms. The molecule has 1 aromatic carbocycles. The minimum atomic E-state index is -1.62. The van der Waals surface area contributed by atoms with Gasteiger partial charge in [-0.05, 0) is 44.4 Å². The van der Waals surface area contributed by atoms with Gasteiger partial charge in [0.1, 0.15) is 5.54 Å². The highest BCUT2D eigenvalue weighted by atomic mass is 16.5. The predicted molar refractivity (Wildman–Crippen MR) is 70.3 cm³/mol. The standard InChI is InChI=1S/C14H17NO5/c1-13(5-6-13)12(19)20-10-4-3-8(7-9(10)16)14(2,15)11(17)18/h3-4,7,16H,5-6,15H2,1-2H3,(H,17,18)/t14-/m1/s1. The normalized spacial score (nSPS) is 18.9. The molecule has 1 saturated carbocycles. The van der Waals surface area contributed by atoms with Crippen molar-refractivity contribution in [1.82, 2.24) is 0 Å². The molecule has 0 saturated heterocycles. The number of aromatic hydroxyl groups is 1. The monoisotopic (exact) mass is 279 g/mol. The van der Waals surface area contributed by atoms with E-state index in [0.717, 1.165) is 12.8 Å². The molecule has 0 aromatic heterocycles. The van der Waals surface area contributed by atoms with Crippen LogP contribution < -0.4 is 10.5 Å². The molecule has 1 aliphatic rings. The highest BCUT2D eigenvalue weighted by Crippen LogP contribution is 2.46. The van der Waals surface area contributed by atoms with Crippen LogP contribution in [0.1, 0.15) is 32.3 Å². The van der Waals surface area contributed by atoms with E-state index in [1.165, 1.54) is 25.1 Å². The molecule has 0 unspecified atom stereocenters. The molecule has 0 aliphatic heterocycles. The first-order valence-electron chi connectivity index (χ1n) is 6.25. The predicted octanol–water partition coefficient (Wildman–Crippen LogP) is 1.36. The van der Waals surface area contributed by atoms with Gasteiger partial charge in [-0.3, -0.25) is 4.79 Å². The molecule has 0 amide bonds. The second kappa shape index (κ2) is 4.49. The number of phenols is 1. The second-order valence-electron chi connectivity index (χ2n) is 5.64. The van der Waals surface area contributed by atoms with Gasteiger partial charge < -0.3 is 20.7 Å². The molecule has 6 nitrogen and oxygen atoms in total. The van der Waals surface area contributed by atoms with Crippen molar-refractivity contribution < 1.29 is 24.5 Å². The van der Waals surface area contributed by atoms with E-state index in [0.29, 0.717) is 0 Å². The molecule has 0 heterocycles. The summed E-state index contributed by atoms with van der Waals surface area (Å²) in [4.78, 5) is 22.8. The van der Waals surface area contributed by atoms with Crippen LogP contribution in [0.15, 0.2) is 18.2 Å². The van der Waals surface area contributed by atoms with Crippen molar-refractivity contribution in [2.45, 2.75) is 32.2 Å². The zero-order valence-corrected chi connectivity index (χ0v) is 11.3. The Kier molecular flexibility index (Phi) is 3.21. The summed E-state index contributed by atoms with van der Waals surface area (Å²) in [7, 11) is 0. The third-order valence-electron chi connectivity index (χ3n) is 3.70. The Morgan fingerprint density at radius 3 is 2.45 bits per heavy atom. The fraction of sp³-hybridized carbons (Fsp3) is 0.429. The van der Waals surface area contributed by atoms with E-state index < -0.39 is 22.9 Å². The van der Waals surface area contributed by atoms with Crippen LogP contribution in [0.25, 0.3) is 0 Å². The van der Waals surface area contributed by atoms with Gasteiger partial charge in [0.2, 0.25) is 0 Å². The fourth-order valence-electron chi connectivity index (χ4n) is 1.66. The molecule has 0 bridgehead atoms. The maximum atomic E-state index is 11.8. The van der Waals surface area contributed by atoms with Gasteiger partial charge in [-0.1, -0.05) is 6.07 Å². The lowest BCUT2D eigenvalue weighted by Crippen LogP contribution is -2.41. The van der Waals surface area contributed by atoms with Crippen LogP contribution in [0.3, 0.4) is 0 Å². The Morgan fingerprint density at radius 2 is 2.00 bits per heavy atom. The molecule has 1 aromatic rings. The number of nitrogens with two attached hydrogens (primary N) is 1. The number of carbonyl (C=O) groups is 2. The van der Waals surface area contributed by atoms with Gasteiger partial charge in [-0.25, -0.2) is 4.79 Å². The van der Waals surface area contributed by atoms with Gasteiger partial charge in [0.15, 0.2) is 11.5 Å². The van der Waals surface area contributed by atoms with E-state index in [1.807, 2.05) is 0 Å². The van der Waals surface area contributed by atoms with Gasteiger partial charge >= 0.3 is 11.9 Å². The van der Waals surface area contributed by atoms with Gasteiger partial charge in [0.05, 0.1) is 5.41 Å². The van der Waals surface area contributed by atoms with Gasteiger partial charge in [0.25, 0.3) is 0 Å². The first-order chi connectivity index (χ1) is 9.17. The van der Waals surface area contributed by atoms with Crippen molar-refractivity contribution in [3.05, 3.63) is 23.8 Å². The lowest BCUT2D eigenvalue weighted by Gasteiger charge is -2.20. The Balaban J connectivity index is 2.22. The minimum absolute atomic E-state index is 0.00747. The van der Waals surface area contributed by atoms with E-state index in [4.69, 9.17) is 15.6 Å². The first kappa shape index (κ1) is 14.3. The first-order valence-corrected chi connectivity index (χ1v) is 6.25. The summed E-state index contributed by atoms with van der Waals surface area (Å²) in [6, 6.07) is 3.97.